The number of amides is 1. The van der Waals surface area contributed by atoms with Gasteiger partial charge < -0.3 is 10.6 Å². The quantitative estimate of drug-likeness (QED) is 0.767. The summed E-state index contributed by atoms with van der Waals surface area (Å²) in [6, 6.07) is 6.65. The molecule has 3 N–H and O–H groups in total. The lowest BCUT2D eigenvalue weighted by Gasteiger charge is -2.30. The normalized spacial score (nSPS) is 22.6. The molecule has 1 aliphatic heterocycles. The number of hydrogen-bond acceptors (Lipinski definition) is 4. The molecule has 1 amide bonds. The molecule has 21 heavy (non-hydrogen) atoms. The van der Waals surface area contributed by atoms with E-state index in [2.05, 4.69) is 22.3 Å². The topological polar surface area (TPSA) is 87.3 Å². The Labute approximate surface area is 125 Å². The minimum Gasteiger partial charge on any atom is -0.348 e. The number of benzene rings is 1. The Morgan fingerprint density at radius 3 is 2.71 bits per heavy atom. The molecule has 1 aromatic carbocycles. The van der Waals surface area contributed by atoms with Gasteiger partial charge in [-0.05, 0) is 31.0 Å². The summed E-state index contributed by atoms with van der Waals surface area (Å²) in [6.45, 7) is 3.79. The molecule has 7 heteroatoms. The monoisotopic (exact) mass is 311 g/mol. The van der Waals surface area contributed by atoms with E-state index in [0.717, 1.165) is 25.8 Å². The maximum atomic E-state index is 12.4. The zero-order chi connectivity index (χ0) is 15.5. The summed E-state index contributed by atoms with van der Waals surface area (Å²) in [5, 5.41) is 6.22. The number of piperidine rings is 1. The highest BCUT2D eigenvalue weighted by atomic mass is 32.2. The third kappa shape index (κ3) is 4.44. The summed E-state index contributed by atoms with van der Waals surface area (Å²) >= 11 is 0. The van der Waals surface area contributed by atoms with Crippen molar-refractivity contribution < 1.29 is 13.2 Å². The second kappa shape index (κ2) is 6.44. The molecular formula is C14H21N3O3S. The maximum Gasteiger partial charge on any atom is 0.253 e. The van der Waals surface area contributed by atoms with Crippen molar-refractivity contribution in [3.05, 3.63) is 29.8 Å². The highest BCUT2D eigenvalue weighted by Crippen LogP contribution is 2.18. The van der Waals surface area contributed by atoms with E-state index in [-0.39, 0.29) is 11.9 Å². The molecule has 0 radical (unpaired) electrons. The molecule has 2 unspecified atom stereocenters. The number of hydrogen-bond donors (Lipinski definition) is 3. The van der Waals surface area contributed by atoms with Crippen LogP contribution >= 0.6 is 0 Å². The van der Waals surface area contributed by atoms with Crippen molar-refractivity contribution in [1.29, 1.82) is 0 Å². The van der Waals surface area contributed by atoms with E-state index in [4.69, 9.17) is 0 Å². The number of carbonyl (C=O) groups is 1. The summed E-state index contributed by atoms with van der Waals surface area (Å²) < 4.78 is 25.1. The zero-order valence-corrected chi connectivity index (χ0v) is 13.0. The fourth-order valence-electron chi connectivity index (χ4n) is 2.40. The Balaban J connectivity index is 2.15. The van der Waals surface area contributed by atoms with Gasteiger partial charge >= 0.3 is 0 Å². The van der Waals surface area contributed by atoms with E-state index in [1.807, 2.05) is 0 Å². The average Bonchev–Trinajstić information content (AvgIpc) is 2.40. The predicted molar refractivity (Wildman–Crippen MR) is 82.8 cm³/mol. The van der Waals surface area contributed by atoms with Gasteiger partial charge in [0.05, 0.1) is 17.5 Å². The number of nitrogens with one attached hydrogen (secondary N) is 3. The highest BCUT2D eigenvalue weighted by Gasteiger charge is 2.24. The van der Waals surface area contributed by atoms with Gasteiger partial charge in [-0.15, -0.1) is 0 Å². The molecule has 116 valence electrons. The summed E-state index contributed by atoms with van der Waals surface area (Å²) in [5.41, 5.74) is 0.634. The highest BCUT2D eigenvalue weighted by molar-refractivity contribution is 7.92. The van der Waals surface area contributed by atoms with Gasteiger partial charge in [0.2, 0.25) is 10.0 Å². The molecule has 0 spiro atoms. The van der Waals surface area contributed by atoms with E-state index in [1.165, 1.54) is 0 Å². The standard InChI is InChI=1S/C14H21N3O3S/c1-10-7-8-15-9-13(10)16-14(18)11-5-3-4-6-12(11)17-21(2,19)20/h3-6,10,13,15,17H,7-9H2,1-2H3,(H,16,18). The number of para-hydroxylation sites is 1. The van der Waals surface area contributed by atoms with Crippen LogP contribution in [0.5, 0.6) is 0 Å². The predicted octanol–water partition coefficient (Wildman–Crippen LogP) is 0.786. The van der Waals surface area contributed by atoms with E-state index in [9.17, 15) is 13.2 Å². The van der Waals surface area contributed by atoms with Crippen molar-refractivity contribution in [3.8, 4) is 0 Å². The van der Waals surface area contributed by atoms with Gasteiger partial charge in [-0.25, -0.2) is 8.42 Å². The smallest absolute Gasteiger partial charge is 0.253 e. The van der Waals surface area contributed by atoms with Crippen molar-refractivity contribution in [2.75, 3.05) is 24.1 Å². The molecular weight excluding hydrogens is 290 g/mol. The molecule has 1 saturated heterocycles. The van der Waals surface area contributed by atoms with E-state index in [0.29, 0.717) is 17.2 Å². The number of anilines is 1. The Morgan fingerprint density at radius 2 is 2.05 bits per heavy atom. The minimum absolute atomic E-state index is 0.0533. The van der Waals surface area contributed by atoms with Crippen LogP contribution in [0, 0.1) is 5.92 Å². The first-order chi connectivity index (χ1) is 9.87. The molecule has 0 aliphatic carbocycles. The Hall–Kier alpha value is -1.60. The minimum atomic E-state index is -3.42. The molecule has 2 atom stereocenters. The first kappa shape index (κ1) is 15.8. The second-order valence-electron chi connectivity index (χ2n) is 5.47. The zero-order valence-electron chi connectivity index (χ0n) is 12.2. The average molecular weight is 311 g/mol. The van der Waals surface area contributed by atoms with Crippen LogP contribution in [0.4, 0.5) is 5.69 Å². The third-order valence-electron chi connectivity index (χ3n) is 3.61. The van der Waals surface area contributed by atoms with Crippen LogP contribution in [-0.4, -0.2) is 39.7 Å². The maximum absolute atomic E-state index is 12.4. The van der Waals surface area contributed by atoms with Crippen LogP contribution < -0.4 is 15.4 Å². The van der Waals surface area contributed by atoms with Gasteiger partial charge in [0.1, 0.15) is 0 Å². The van der Waals surface area contributed by atoms with E-state index >= 15 is 0 Å². The molecule has 0 bridgehead atoms. The summed E-state index contributed by atoms with van der Waals surface area (Å²) in [7, 11) is -3.42. The molecule has 0 saturated carbocycles. The first-order valence-electron chi connectivity index (χ1n) is 6.95. The van der Waals surface area contributed by atoms with E-state index in [1.54, 1.807) is 24.3 Å². The van der Waals surface area contributed by atoms with Crippen molar-refractivity contribution in [2.24, 2.45) is 5.92 Å². The Kier molecular flexibility index (Phi) is 4.84. The Bertz CT molecular complexity index is 616. The summed E-state index contributed by atoms with van der Waals surface area (Å²) in [4.78, 5) is 12.4. The Morgan fingerprint density at radius 1 is 1.33 bits per heavy atom. The number of sulfonamides is 1. The SMILES string of the molecule is CC1CCNCC1NC(=O)c1ccccc1NS(C)(=O)=O. The summed E-state index contributed by atoms with van der Waals surface area (Å²) in [5.74, 6) is 0.132. The van der Waals surface area contributed by atoms with Crippen LogP contribution in [0.25, 0.3) is 0 Å². The number of rotatable bonds is 4. The fraction of sp³-hybridized carbons (Fsp3) is 0.500. The van der Waals surface area contributed by atoms with Crippen molar-refractivity contribution in [3.63, 3.8) is 0 Å². The van der Waals surface area contributed by atoms with Gasteiger partial charge in [0.25, 0.3) is 5.91 Å². The number of carbonyl (C=O) groups excluding carboxylic acids is 1. The molecule has 1 heterocycles. The van der Waals surface area contributed by atoms with Crippen molar-refractivity contribution in [1.82, 2.24) is 10.6 Å². The molecule has 1 fully saturated rings. The fourth-order valence-corrected chi connectivity index (χ4v) is 2.98. The molecule has 1 aromatic rings. The van der Waals surface area contributed by atoms with Gasteiger partial charge in [0.15, 0.2) is 0 Å². The van der Waals surface area contributed by atoms with Crippen LogP contribution in [0.15, 0.2) is 24.3 Å². The van der Waals surface area contributed by atoms with Gasteiger partial charge in [-0.3, -0.25) is 9.52 Å². The molecule has 1 aliphatic rings. The van der Waals surface area contributed by atoms with E-state index < -0.39 is 10.0 Å². The van der Waals surface area contributed by atoms with Gasteiger partial charge in [-0.1, -0.05) is 19.1 Å². The van der Waals surface area contributed by atoms with Crippen LogP contribution in [0.1, 0.15) is 23.7 Å². The second-order valence-corrected chi connectivity index (χ2v) is 7.22. The largest absolute Gasteiger partial charge is 0.348 e. The lowest BCUT2D eigenvalue weighted by molar-refractivity contribution is 0.0916. The van der Waals surface area contributed by atoms with Crippen LogP contribution in [0.2, 0.25) is 0 Å². The van der Waals surface area contributed by atoms with Crippen LogP contribution in [-0.2, 0) is 10.0 Å². The van der Waals surface area contributed by atoms with Crippen molar-refractivity contribution in [2.45, 2.75) is 19.4 Å². The molecule has 0 aromatic heterocycles. The molecule has 2 rings (SSSR count). The van der Waals surface area contributed by atoms with Gasteiger partial charge in [-0.2, -0.15) is 0 Å². The van der Waals surface area contributed by atoms with Crippen LogP contribution in [0.3, 0.4) is 0 Å². The van der Waals surface area contributed by atoms with Crippen molar-refractivity contribution >= 4 is 21.6 Å². The lowest BCUT2D eigenvalue weighted by atomic mass is 9.94. The summed E-state index contributed by atoms with van der Waals surface area (Å²) in [6.07, 6.45) is 2.07. The molecule has 6 nitrogen and oxygen atoms in total. The lowest BCUT2D eigenvalue weighted by Crippen LogP contribution is -2.50. The third-order valence-corrected chi connectivity index (χ3v) is 4.20. The first-order valence-corrected chi connectivity index (χ1v) is 8.84. The van der Waals surface area contributed by atoms with Gasteiger partial charge in [0, 0.05) is 12.6 Å².